The third kappa shape index (κ3) is 3.20. The number of nitrogens with zero attached hydrogens (tertiary/aromatic N) is 1. The van der Waals surface area contributed by atoms with Gasteiger partial charge in [-0.1, -0.05) is 12.7 Å². The van der Waals surface area contributed by atoms with E-state index in [1.54, 1.807) is 6.08 Å². The van der Waals surface area contributed by atoms with Crippen LogP contribution >= 0.6 is 0 Å². The van der Waals surface area contributed by atoms with Gasteiger partial charge in [0.25, 0.3) is 0 Å². The van der Waals surface area contributed by atoms with E-state index in [1.807, 2.05) is 19.9 Å². The van der Waals surface area contributed by atoms with E-state index in [9.17, 15) is 0 Å². The molecule has 0 aliphatic heterocycles. The molecule has 0 fully saturated rings. The maximum atomic E-state index is 8.64. The van der Waals surface area contributed by atoms with Crippen LogP contribution < -0.4 is 0 Å². The number of aliphatic imine (C=N–C) groups is 1. The molecule has 0 aromatic heterocycles. The fourth-order valence-corrected chi connectivity index (χ4v) is 0.437. The Bertz CT molecular complexity index is 168. The second kappa shape index (κ2) is 4.94. The molecule has 0 saturated carbocycles. The molecule has 0 heterocycles. The van der Waals surface area contributed by atoms with Crippen molar-refractivity contribution in [3.05, 3.63) is 24.4 Å². The SMILES string of the molecule is C=CC(CO)=N/C(C)=C\C. The molecular formula is C8H13NO. The van der Waals surface area contributed by atoms with Crippen molar-refractivity contribution in [2.75, 3.05) is 6.61 Å². The predicted molar refractivity (Wildman–Crippen MR) is 44.1 cm³/mol. The van der Waals surface area contributed by atoms with E-state index in [4.69, 9.17) is 5.11 Å². The van der Waals surface area contributed by atoms with Gasteiger partial charge in [0.2, 0.25) is 0 Å². The number of allylic oxidation sites excluding steroid dienone is 2. The minimum atomic E-state index is -0.0469. The number of aliphatic hydroxyl groups is 1. The molecule has 0 unspecified atom stereocenters. The Morgan fingerprint density at radius 2 is 2.30 bits per heavy atom. The number of hydrogen-bond acceptors (Lipinski definition) is 2. The van der Waals surface area contributed by atoms with Crippen LogP contribution in [0.25, 0.3) is 0 Å². The monoisotopic (exact) mass is 139 g/mol. The Hall–Kier alpha value is -0.890. The van der Waals surface area contributed by atoms with Gasteiger partial charge in [0, 0.05) is 5.70 Å². The lowest BCUT2D eigenvalue weighted by Gasteiger charge is -1.94. The molecule has 2 nitrogen and oxygen atoms in total. The van der Waals surface area contributed by atoms with Gasteiger partial charge in [-0.3, -0.25) is 4.99 Å². The van der Waals surface area contributed by atoms with Crippen LogP contribution in [-0.2, 0) is 0 Å². The first-order valence-electron chi connectivity index (χ1n) is 3.18. The van der Waals surface area contributed by atoms with Gasteiger partial charge >= 0.3 is 0 Å². The molecular weight excluding hydrogens is 126 g/mol. The summed E-state index contributed by atoms with van der Waals surface area (Å²) in [4.78, 5) is 4.04. The molecule has 56 valence electrons. The molecule has 0 rings (SSSR count). The van der Waals surface area contributed by atoms with Crippen LogP contribution in [0.5, 0.6) is 0 Å². The van der Waals surface area contributed by atoms with Crippen LogP contribution in [-0.4, -0.2) is 17.4 Å². The summed E-state index contributed by atoms with van der Waals surface area (Å²) in [7, 11) is 0. The van der Waals surface area contributed by atoms with Gasteiger partial charge in [-0.05, 0) is 19.9 Å². The van der Waals surface area contributed by atoms with Gasteiger partial charge in [-0.25, -0.2) is 0 Å². The first kappa shape index (κ1) is 9.11. The molecule has 0 aliphatic carbocycles. The third-order valence-corrected chi connectivity index (χ3v) is 1.14. The average Bonchev–Trinajstić information content (AvgIpc) is 1.99. The summed E-state index contributed by atoms with van der Waals surface area (Å²) < 4.78 is 0. The summed E-state index contributed by atoms with van der Waals surface area (Å²) in [6.07, 6.45) is 3.42. The van der Waals surface area contributed by atoms with Crippen molar-refractivity contribution < 1.29 is 5.11 Å². The van der Waals surface area contributed by atoms with Crippen molar-refractivity contribution in [1.82, 2.24) is 0 Å². The third-order valence-electron chi connectivity index (χ3n) is 1.14. The first-order valence-corrected chi connectivity index (χ1v) is 3.18. The van der Waals surface area contributed by atoms with Crippen molar-refractivity contribution in [3.8, 4) is 0 Å². The fourth-order valence-electron chi connectivity index (χ4n) is 0.437. The normalized spacial score (nSPS) is 13.5. The largest absolute Gasteiger partial charge is 0.390 e. The molecule has 0 radical (unpaired) electrons. The van der Waals surface area contributed by atoms with Crippen molar-refractivity contribution in [3.63, 3.8) is 0 Å². The lowest BCUT2D eigenvalue weighted by molar-refractivity contribution is 0.358. The minimum absolute atomic E-state index is 0.0469. The lowest BCUT2D eigenvalue weighted by Crippen LogP contribution is -1.99. The lowest BCUT2D eigenvalue weighted by atomic mass is 10.3. The Kier molecular flexibility index (Phi) is 4.50. The van der Waals surface area contributed by atoms with E-state index in [0.717, 1.165) is 5.70 Å². The standard InChI is InChI=1S/C8H13NO/c1-4-7(3)9-8(5-2)6-10/h4-5,10H,2,6H2,1,3H3/b7-4-,9-8?. The molecule has 1 N–H and O–H groups in total. The topological polar surface area (TPSA) is 32.6 Å². The van der Waals surface area contributed by atoms with Gasteiger partial charge in [0.15, 0.2) is 0 Å². The summed E-state index contributed by atoms with van der Waals surface area (Å²) in [5, 5.41) is 8.64. The van der Waals surface area contributed by atoms with E-state index in [0.29, 0.717) is 5.71 Å². The molecule has 0 bridgehead atoms. The van der Waals surface area contributed by atoms with E-state index in [1.165, 1.54) is 0 Å². The molecule has 0 aromatic rings. The molecule has 0 amide bonds. The molecule has 0 spiro atoms. The second-order valence-corrected chi connectivity index (χ2v) is 1.90. The second-order valence-electron chi connectivity index (χ2n) is 1.90. The van der Waals surface area contributed by atoms with Crippen molar-refractivity contribution in [1.29, 1.82) is 0 Å². The van der Waals surface area contributed by atoms with E-state index in [2.05, 4.69) is 11.6 Å². The maximum absolute atomic E-state index is 8.64. The highest BCUT2D eigenvalue weighted by Gasteiger charge is 1.88. The minimum Gasteiger partial charge on any atom is -0.390 e. The van der Waals surface area contributed by atoms with Gasteiger partial charge in [-0.2, -0.15) is 0 Å². The quantitative estimate of drug-likeness (QED) is 0.591. The smallest absolute Gasteiger partial charge is 0.0852 e. The van der Waals surface area contributed by atoms with Crippen molar-refractivity contribution in [2.24, 2.45) is 4.99 Å². The summed E-state index contributed by atoms with van der Waals surface area (Å²) in [6.45, 7) is 7.23. The number of rotatable bonds is 3. The predicted octanol–water partition coefficient (Wildman–Crippen LogP) is 1.53. The Balaban J connectivity index is 4.24. The summed E-state index contributed by atoms with van der Waals surface area (Å²) >= 11 is 0. The van der Waals surface area contributed by atoms with Crippen molar-refractivity contribution >= 4 is 5.71 Å². The molecule has 0 aliphatic rings. The van der Waals surface area contributed by atoms with Crippen LogP contribution in [0.3, 0.4) is 0 Å². The van der Waals surface area contributed by atoms with E-state index < -0.39 is 0 Å². The number of aliphatic hydroxyl groups excluding tert-OH is 1. The molecule has 0 atom stereocenters. The summed E-state index contributed by atoms with van der Waals surface area (Å²) in [5.41, 5.74) is 1.50. The van der Waals surface area contributed by atoms with Crippen LogP contribution in [0.1, 0.15) is 13.8 Å². The Labute approximate surface area is 61.6 Å². The molecule has 2 heteroatoms. The Morgan fingerprint density at radius 3 is 2.60 bits per heavy atom. The van der Waals surface area contributed by atoms with Gasteiger partial charge in [0.05, 0.1) is 12.3 Å². The number of hydrogen-bond donors (Lipinski definition) is 1. The highest BCUT2D eigenvalue weighted by atomic mass is 16.3. The van der Waals surface area contributed by atoms with Crippen LogP contribution in [0.2, 0.25) is 0 Å². The average molecular weight is 139 g/mol. The van der Waals surface area contributed by atoms with Crippen LogP contribution in [0, 0.1) is 0 Å². The zero-order valence-electron chi connectivity index (χ0n) is 6.46. The Morgan fingerprint density at radius 1 is 1.70 bits per heavy atom. The van der Waals surface area contributed by atoms with Crippen LogP contribution in [0.15, 0.2) is 29.4 Å². The molecule has 0 saturated heterocycles. The van der Waals surface area contributed by atoms with E-state index in [-0.39, 0.29) is 6.61 Å². The highest BCUT2D eigenvalue weighted by molar-refractivity contribution is 5.96. The summed E-state index contributed by atoms with van der Waals surface area (Å²) in [6, 6.07) is 0. The zero-order chi connectivity index (χ0) is 7.98. The molecule has 10 heavy (non-hydrogen) atoms. The highest BCUT2D eigenvalue weighted by Crippen LogP contribution is 1.94. The fraction of sp³-hybridized carbons (Fsp3) is 0.375. The molecule has 0 aromatic carbocycles. The van der Waals surface area contributed by atoms with Gasteiger partial charge in [0.1, 0.15) is 0 Å². The first-order chi connectivity index (χ1) is 4.74. The maximum Gasteiger partial charge on any atom is 0.0852 e. The van der Waals surface area contributed by atoms with Gasteiger partial charge < -0.3 is 5.11 Å². The van der Waals surface area contributed by atoms with Crippen molar-refractivity contribution in [2.45, 2.75) is 13.8 Å². The van der Waals surface area contributed by atoms with Crippen LogP contribution in [0.4, 0.5) is 0 Å². The van der Waals surface area contributed by atoms with Gasteiger partial charge in [-0.15, -0.1) is 0 Å². The summed E-state index contributed by atoms with van der Waals surface area (Å²) in [5.74, 6) is 0. The zero-order valence-corrected chi connectivity index (χ0v) is 6.46. The van der Waals surface area contributed by atoms with E-state index >= 15 is 0 Å².